The van der Waals surface area contributed by atoms with Gasteiger partial charge in [-0.3, -0.25) is 19.7 Å². The number of Topliss-reactive ketones (excluding diaryl/α,β-unsaturated/α-hetero) is 1. The quantitative estimate of drug-likeness (QED) is 0.661. The number of carbonyl (C=O) groups excluding carboxylic acids is 2. The number of carbonyl (C=O) groups is 2. The lowest BCUT2D eigenvalue weighted by Crippen LogP contribution is -2.22. The Labute approximate surface area is 154 Å². The molecule has 1 amide bonds. The highest BCUT2D eigenvalue weighted by molar-refractivity contribution is 7.17. The molecular formula is C17H12F3N3O3S. The second-order valence-corrected chi connectivity index (χ2v) is 6.70. The Morgan fingerprint density at radius 2 is 1.96 bits per heavy atom. The van der Waals surface area contributed by atoms with E-state index in [1.54, 1.807) is 6.92 Å². The zero-order chi connectivity index (χ0) is 19.9. The second kappa shape index (κ2) is 6.62. The molecule has 0 aliphatic carbocycles. The average molecular weight is 395 g/mol. The molecule has 0 saturated heterocycles. The molecule has 2 aromatic heterocycles. The molecule has 3 aromatic rings. The molecule has 0 radical (unpaired) electrons. The first-order chi connectivity index (χ1) is 12.6. The highest BCUT2D eigenvalue weighted by atomic mass is 32.1. The van der Waals surface area contributed by atoms with Gasteiger partial charge in [0.2, 0.25) is 5.43 Å². The van der Waals surface area contributed by atoms with Crippen LogP contribution in [-0.2, 0) is 6.18 Å². The smallest absolute Gasteiger partial charge is 0.360 e. The van der Waals surface area contributed by atoms with Gasteiger partial charge in [-0.1, -0.05) is 17.4 Å². The zero-order valence-electron chi connectivity index (χ0n) is 14.0. The van der Waals surface area contributed by atoms with Gasteiger partial charge in [0.25, 0.3) is 5.91 Å². The SMILES string of the molecule is CC(=O)c1sc(NC(=O)c2c[nH]c3c(C(F)(F)F)cccc3c2=O)nc1C. The fourth-order valence-corrected chi connectivity index (χ4v) is 3.45. The van der Waals surface area contributed by atoms with Crippen molar-refractivity contribution in [1.82, 2.24) is 9.97 Å². The number of pyridine rings is 1. The van der Waals surface area contributed by atoms with Crippen LogP contribution >= 0.6 is 11.3 Å². The van der Waals surface area contributed by atoms with Gasteiger partial charge in [0.05, 0.1) is 21.7 Å². The number of halogens is 3. The minimum absolute atomic E-state index is 0.117. The van der Waals surface area contributed by atoms with Gasteiger partial charge in [0.15, 0.2) is 10.9 Å². The Bertz CT molecular complexity index is 1130. The maximum absolute atomic E-state index is 13.1. The number of fused-ring (bicyclic) bond motifs is 1. The Morgan fingerprint density at radius 3 is 2.56 bits per heavy atom. The van der Waals surface area contributed by atoms with Crippen molar-refractivity contribution < 1.29 is 22.8 Å². The topological polar surface area (TPSA) is 91.9 Å². The number of ketones is 1. The van der Waals surface area contributed by atoms with Gasteiger partial charge in [-0.15, -0.1) is 0 Å². The summed E-state index contributed by atoms with van der Waals surface area (Å²) in [7, 11) is 0. The number of aromatic nitrogens is 2. The first kappa shape index (κ1) is 18.8. The molecule has 27 heavy (non-hydrogen) atoms. The summed E-state index contributed by atoms with van der Waals surface area (Å²) < 4.78 is 39.2. The van der Waals surface area contributed by atoms with Crippen molar-refractivity contribution in [2.75, 3.05) is 5.32 Å². The van der Waals surface area contributed by atoms with Crippen LogP contribution in [-0.4, -0.2) is 21.7 Å². The lowest BCUT2D eigenvalue weighted by molar-refractivity contribution is -0.136. The molecule has 0 aliphatic rings. The number of anilines is 1. The fraction of sp³-hybridized carbons (Fsp3) is 0.176. The Hall–Kier alpha value is -3.01. The second-order valence-electron chi connectivity index (χ2n) is 5.70. The van der Waals surface area contributed by atoms with Gasteiger partial charge in [0.1, 0.15) is 5.56 Å². The van der Waals surface area contributed by atoms with Crippen LogP contribution in [0.25, 0.3) is 10.9 Å². The van der Waals surface area contributed by atoms with E-state index in [1.807, 2.05) is 0 Å². The summed E-state index contributed by atoms with van der Waals surface area (Å²) in [6, 6.07) is 3.16. The number of amides is 1. The first-order valence-corrected chi connectivity index (χ1v) is 8.42. The zero-order valence-corrected chi connectivity index (χ0v) is 14.8. The summed E-state index contributed by atoms with van der Waals surface area (Å²) in [6.45, 7) is 2.96. The Kier molecular flexibility index (Phi) is 4.60. The van der Waals surface area contributed by atoms with Gasteiger partial charge < -0.3 is 4.98 Å². The predicted molar refractivity (Wildman–Crippen MR) is 94.4 cm³/mol. The molecule has 0 unspecified atom stereocenters. The van der Waals surface area contributed by atoms with Crippen molar-refractivity contribution in [2.45, 2.75) is 20.0 Å². The number of alkyl halides is 3. The van der Waals surface area contributed by atoms with Crippen LogP contribution in [0.3, 0.4) is 0 Å². The molecule has 0 atom stereocenters. The van der Waals surface area contributed by atoms with E-state index in [0.29, 0.717) is 10.6 Å². The van der Waals surface area contributed by atoms with Crippen molar-refractivity contribution in [3.63, 3.8) is 0 Å². The van der Waals surface area contributed by atoms with Gasteiger partial charge in [0, 0.05) is 18.5 Å². The molecule has 3 rings (SSSR count). The van der Waals surface area contributed by atoms with Crippen LogP contribution in [0.4, 0.5) is 18.3 Å². The highest BCUT2D eigenvalue weighted by Gasteiger charge is 2.33. The van der Waals surface area contributed by atoms with E-state index in [-0.39, 0.29) is 21.9 Å². The minimum atomic E-state index is -4.65. The van der Waals surface area contributed by atoms with Crippen molar-refractivity contribution >= 4 is 39.1 Å². The summed E-state index contributed by atoms with van der Waals surface area (Å²) in [4.78, 5) is 43.1. The predicted octanol–water partition coefficient (Wildman–Crippen LogP) is 3.77. The molecule has 10 heteroatoms. The molecule has 0 bridgehead atoms. The van der Waals surface area contributed by atoms with Crippen molar-refractivity contribution in [3.8, 4) is 0 Å². The summed E-state index contributed by atoms with van der Waals surface area (Å²) in [5.41, 5.74) is -2.15. The standard InChI is InChI=1S/C17H12F3N3O3S/c1-7-14(8(2)24)27-16(22-7)23-15(26)10-6-21-12-9(13(10)25)4-3-5-11(12)17(18,19)20/h3-6H,1-2H3,(H,21,25)(H,22,23,26). The number of para-hydroxylation sites is 1. The number of nitrogens with zero attached hydrogens (tertiary/aromatic N) is 1. The maximum Gasteiger partial charge on any atom is 0.418 e. The van der Waals surface area contributed by atoms with E-state index in [9.17, 15) is 27.6 Å². The number of hydrogen-bond acceptors (Lipinski definition) is 5. The molecule has 2 N–H and O–H groups in total. The van der Waals surface area contributed by atoms with E-state index < -0.39 is 28.6 Å². The van der Waals surface area contributed by atoms with Gasteiger partial charge >= 0.3 is 6.18 Å². The Morgan fingerprint density at radius 1 is 1.26 bits per heavy atom. The minimum Gasteiger partial charge on any atom is -0.360 e. The number of nitrogens with one attached hydrogen (secondary N) is 2. The van der Waals surface area contributed by atoms with Crippen molar-refractivity contribution in [2.24, 2.45) is 0 Å². The van der Waals surface area contributed by atoms with Gasteiger partial charge in [-0.05, 0) is 19.1 Å². The van der Waals surface area contributed by atoms with Crippen LogP contribution in [0.15, 0.2) is 29.2 Å². The molecular weight excluding hydrogens is 383 g/mol. The molecule has 0 fully saturated rings. The Balaban J connectivity index is 2.01. The summed E-state index contributed by atoms with van der Waals surface area (Å²) in [5.74, 6) is -1.05. The number of H-pyrrole nitrogens is 1. The normalized spacial score (nSPS) is 11.6. The number of benzene rings is 1. The molecule has 0 spiro atoms. The maximum atomic E-state index is 13.1. The van der Waals surface area contributed by atoms with Gasteiger partial charge in [-0.2, -0.15) is 13.2 Å². The van der Waals surface area contributed by atoms with E-state index in [2.05, 4.69) is 15.3 Å². The van der Waals surface area contributed by atoms with E-state index in [0.717, 1.165) is 29.7 Å². The molecule has 0 aliphatic heterocycles. The molecule has 6 nitrogen and oxygen atoms in total. The van der Waals surface area contributed by atoms with Crippen LogP contribution in [0.2, 0.25) is 0 Å². The first-order valence-electron chi connectivity index (χ1n) is 7.61. The van der Waals surface area contributed by atoms with E-state index >= 15 is 0 Å². The number of hydrogen-bond donors (Lipinski definition) is 2. The largest absolute Gasteiger partial charge is 0.418 e. The molecule has 1 aromatic carbocycles. The van der Waals surface area contributed by atoms with Crippen molar-refractivity contribution in [1.29, 1.82) is 0 Å². The lowest BCUT2D eigenvalue weighted by atomic mass is 10.1. The number of aryl methyl sites for hydroxylation is 1. The van der Waals surface area contributed by atoms with Crippen LogP contribution in [0, 0.1) is 6.92 Å². The fourth-order valence-electron chi connectivity index (χ4n) is 2.60. The van der Waals surface area contributed by atoms with Crippen LogP contribution < -0.4 is 10.7 Å². The van der Waals surface area contributed by atoms with E-state index in [4.69, 9.17) is 0 Å². The monoisotopic (exact) mass is 395 g/mol. The summed E-state index contributed by atoms with van der Waals surface area (Å²) >= 11 is 0.952. The third-order valence-corrected chi connectivity index (χ3v) is 4.98. The third kappa shape index (κ3) is 3.47. The summed E-state index contributed by atoms with van der Waals surface area (Å²) in [5, 5.41) is 2.26. The lowest BCUT2D eigenvalue weighted by Gasteiger charge is -2.10. The molecule has 140 valence electrons. The number of aromatic amines is 1. The molecule has 2 heterocycles. The average Bonchev–Trinajstić information content (AvgIpc) is 2.94. The van der Waals surface area contributed by atoms with E-state index in [1.165, 1.54) is 13.0 Å². The number of thiazole rings is 1. The number of rotatable bonds is 3. The third-order valence-electron chi connectivity index (χ3n) is 3.80. The highest BCUT2D eigenvalue weighted by Crippen LogP contribution is 2.33. The molecule has 0 saturated carbocycles. The van der Waals surface area contributed by atoms with Crippen molar-refractivity contribution in [3.05, 3.63) is 56.3 Å². The van der Waals surface area contributed by atoms with Gasteiger partial charge in [-0.25, -0.2) is 4.98 Å². The van der Waals surface area contributed by atoms with Crippen LogP contribution in [0.5, 0.6) is 0 Å². The van der Waals surface area contributed by atoms with Crippen LogP contribution in [0.1, 0.15) is 38.2 Å². The summed E-state index contributed by atoms with van der Waals surface area (Å²) in [6.07, 6.45) is -3.71.